The predicted octanol–water partition coefficient (Wildman–Crippen LogP) is 2.54. The van der Waals surface area contributed by atoms with Crippen LogP contribution in [0.2, 0.25) is 0 Å². The van der Waals surface area contributed by atoms with E-state index in [9.17, 15) is 16.8 Å². The highest BCUT2D eigenvalue weighted by atomic mass is 32.2. The zero-order valence-corrected chi connectivity index (χ0v) is 16.6. The van der Waals surface area contributed by atoms with Gasteiger partial charge >= 0.3 is 0 Å². The normalized spacial score (nSPS) is 17.8. The van der Waals surface area contributed by atoms with E-state index < -0.39 is 26.1 Å². The average molecular weight is 412 g/mol. The molecule has 0 aliphatic carbocycles. The zero-order chi connectivity index (χ0) is 19.7. The van der Waals surface area contributed by atoms with Crippen LogP contribution in [-0.2, 0) is 20.0 Å². The van der Waals surface area contributed by atoms with Crippen molar-refractivity contribution < 1.29 is 21.3 Å². The number of anilines is 1. The molecule has 2 aromatic rings. The Kier molecular flexibility index (Phi) is 5.29. The van der Waals surface area contributed by atoms with Crippen LogP contribution in [0.3, 0.4) is 0 Å². The maximum Gasteiger partial charge on any atom is 0.250 e. The highest BCUT2D eigenvalue weighted by Crippen LogP contribution is 2.35. The summed E-state index contributed by atoms with van der Waals surface area (Å²) in [5.41, 5.74) is 1.76. The standard InChI is InChI=1S/C17H21N3O5S2/c1-3-26(21,22)19-14-9-7-13(8-10-14)15-12-16(17-6-5-11-25-17)20(18-15)27(23,24)4-2/h5-11,16,19H,3-4,12H2,1-2H3. The minimum Gasteiger partial charge on any atom is -0.467 e. The summed E-state index contributed by atoms with van der Waals surface area (Å²) < 4.78 is 57.1. The lowest BCUT2D eigenvalue weighted by Crippen LogP contribution is -2.28. The summed E-state index contributed by atoms with van der Waals surface area (Å²) in [6.07, 6.45) is 1.87. The monoisotopic (exact) mass is 411 g/mol. The maximum absolute atomic E-state index is 12.4. The van der Waals surface area contributed by atoms with Crippen LogP contribution in [0.25, 0.3) is 0 Å². The van der Waals surface area contributed by atoms with E-state index in [4.69, 9.17) is 4.42 Å². The van der Waals surface area contributed by atoms with Gasteiger partial charge in [0.05, 0.1) is 23.5 Å². The molecule has 1 aromatic heterocycles. The first-order chi connectivity index (χ1) is 12.8. The SMILES string of the molecule is CCS(=O)(=O)Nc1ccc(C2=NN(S(=O)(=O)CC)C(c3ccco3)C2)cc1. The third kappa shape index (κ3) is 4.16. The van der Waals surface area contributed by atoms with Gasteiger partial charge in [-0.1, -0.05) is 12.1 Å². The third-order valence-electron chi connectivity index (χ3n) is 4.27. The van der Waals surface area contributed by atoms with Crippen molar-refractivity contribution in [2.24, 2.45) is 5.10 Å². The molecule has 0 fully saturated rings. The summed E-state index contributed by atoms with van der Waals surface area (Å²) in [5.74, 6) is 0.438. The van der Waals surface area contributed by atoms with Gasteiger partial charge in [-0.15, -0.1) is 0 Å². The smallest absolute Gasteiger partial charge is 0.250 e. The Bertz CT molecular complexity index is 1030. The molecule has 1 unspecified atom stereocenters. The van der Waals surface area contributed by atoms with Crippen LogP contribution in [0.4, 0.5) is 5.69 Å². The first-order valence-electron chi connectivity index (χ1n) is 8.49. The predicted molar refractivity (Wildman–Crippen MR) is 103 cm³/mol. The molecule has 10 heteroatoms. The fraction of sp³-hybridized carbons (Fsp3) is 0.353. The molecule has 0 saturated carbocycles. The summed E-state index contributed by atoms with van der Waals surface area (Å²) in [7, 11) is -6.91. The molecule has 1 aliphatic heterocycles. The molecule has 1 aliphatic rings. The van der Waals surface area contributed by atoms with Crippen LogP contribution in [-0.4, -0.2) is 38.5 Å². The maximum atomic E-state index is 12.4. The van der Waals surface area contributed by atoms with Crippen molar-refractivity contribution in [2.45, 2.75) is 26.3 Å². The van der Waals surface area contributed by atoms with Crippen LogP contribution in [0.15, 0.2) is 52.2 Å². The van der Waals surface area contributed by atoms with E-state index >= 15 is 0 Å². The Hall–Kier alpha value is -2.33. The first kappa shape index (κ1) is 19.4. The quantitative estimate of drug-likeness (QED) is 0.753. The molecule has 0 spiro atoms. The van der Waals surface area contributed by atoms with Crippen molar-refractivity contribution in [3.63, 3.8) is 0 Å². The summed E-state index contributed by atoms with van der Waals surface area (Å²) >= 11 is 0. The summed E-state index contributed by atoms with van der Waals surface area (Å²) in [6.45, 7) is 3.12. The second-order valence-corrected chi connectivity index (χ2v) is 10.2. The van der Waals surface area contributed by atoms with Crippen molar-refractivity contribution >= 4 is 31.4 Å². The van der Waals surface area contributed by atoms with Gasteiger partial charge in [0.1, 0.15) is 11.8 Å². The van der Waals surface area contributed by atoms with Gasteiger partial charge < -0.3 is 4.42 Å². The second-order valence-electron chi connectivity index (χ2n) is 6.04. The molecule has 146 valence electrons. The van der Waals surface area contributed by atoms with Crippen LogP contribution in [0.1, 0.15) is 37.6 Å². The second kappa shape index (κ2) is 7.35. The van der Waals surface area contributed by atoms with Gasteiger partial charge in [-0.25, -0.2) is 16.8 Å². The van der Waals surface area contributed by atoms with Gasteiger partial charge in [0, 0.05) is 12.1 Å². The molecular formula is C17H21N3O5S2. The van der Waals surface area contributed by atoms with E-state index in [1.807, 2.05) is 0 Å². The molecule has 0 bridgehead atoms. The molecule has 1 aromatic carbocycles. The number of benzene rings is 1. The van der Waals surface area contributed by atoms with Crippen molar-refractivity contribution in [3.8, 4) is 0 Å². The summed E-state index contributed by atoms with van der Waals surface area (Å²) in [5, 5.41) is 4.32. The van der Waals surface area contributed by atoms with Gasteiger partial charge in [0.2, 0.25) is 20.0 Å². The number of nitrogens with zero attached hydrogens (tertiary/aromatic N) is 2. The van der Waals surface area contributed by atoms with Gasteiger partial charge in [0.15, 0.2) is 0 Å². The number of nitrogens with one attached hydrogen (secondary N) is 1. The van der Waals surface area contributed by atoms with Crippen molar-refractivity contribution in [1.29, 1.82) is 0 Å². The fourth-order valence-corrected chi connectivity index (χ4v) is 4.42. The van der Waals surface area contributed by atoms with Crippen molar-refractivity contribution in [1.82, 2.24) is 4.41 Å². The topological polar surface area (TPSA) is 109 Å². The van der Waals surface area contributed by atoms with E-state index in [1.54, 1.807) is 50.2 Å². The molecule has 1 atom stereocenters. The lowest BCUT2D eigenvalue weighted by molar-refractivity contribution is 0.320. The zero-order valence-electron chi connectivity index (χ0n) is 15.0. The van der Waals surface area contributed by atoms with E-state index in [-0.39, 0.29) is 11.5 Å². The van der Waals surface area contributed by atoms with Gasteiger partial charge in [0.25, 0.3) is 0 Å². The molecule has 0 amide bonds. The van der Waals surface area contributed by atoms with Crippen LogP contribution >= 0.6 is 0 Å². The largest absolute Gasteiger partial charge is 0.467 e. The number of hydrazone groups is 1. The molecule has 3 rings (SSSR count). The van der Waals surface area contributed by atoms with Crippen LogP contribution in [0.5, 0.6) is 0 Å². The Morgan fingerprint density at radius 1 is 1.11 bits per heavy atom. The fourth-order valence-electron chi connectivity index (χ4n) is 2.73. The Morgan fingerprint density at radius 2 is 1.81 bits per heavy atom. The summed E-state index contributed by atoms with van der Waals surface area (Å²) in [6, 6.07) is 9.59. The number of sulfonamides is 2. The molecule has 2 heterocycles. The Morgan fingerprint density at radius 3 is 2.37 bits per heavy atom. The van der Waals surface area contributed by atoms with Gasteiger partial charge in [-0.3, -0.25) is 4.72 Å². The molecular weight excluding hydrogens is 390 g/mol. The number of rotatable bonds is 7. The van der Waals surface area contributed by atoms with E-state index in [0.717, 1.165) is 9.98 Å². The minimum atomic E-state index is -3.56. The molecule has 0 saturated heterocycles. The highest BCUT2D eigenvalue weighted by Gasteiger charge is 2.37. The molecule has 1 N–H and O–H groups in total. The van der Waals surface area contributed by atoms with Crippen molar-refractivity contribution in [3.05, 3.63) is 54.0 Å². The lowest BCUT2D eigenvalue weighted by Gasteiger charge is -2.20. The molecule has 0 radical (unpaired) electrons. The van der Waals surface area contributed by atoms with Crippen LogP contribution < -0.4 is 4.72 Å². The highest BCUT2D eigenvalue weighted by molar-refractivity contribution is 7.92. The van der Waals surface area contributed by atoms with Crippen LogP contribution in [0, 0.1) is 0 Å². The summed E-state index contributed by atoms with van der Waals surface area (Å²) in [4.78, 5) is 0. The Balaban J connectivity index is 1.89. The molecule has 8 nitrogen and oxygen atoms in total. The number of hydrogen-bond acceptors (Lipinski definition) is 6. The molecule has 27 heavy (non-hydrogen) atoms. The lowest BCUT2D eigenvalue weighted by atomic mass is 10.0. The average Bonchev–Trinajstić information content (AvgIpc) is 3.32. The van der Waals surface area contributed by atoms with Crippen molar-refractivity contribution in [2.75, 3.05) is 16.2 Å². The van der Waals surface area contributed by atoms with Gasteiger partial charge in [-0.05, 0) is 43.7 Å². The number of furan rings is 1. The van der Waals surface area contributed by atoms with Gasteiger partial charge in [-0.2, -0.15) is 9.52 Å². The number of hydrogen-bond donors (Lipinski definition) is 1. The van der Waals surface area contributed by atoms with E-state index in [0.29, 0.717) is 23.6 Å². The van der Waals surface area contributed by atoms with E-state index in [2.05, 4.69) is 9.82 Å². The first-order valence-corrected chi connectivity index (χ1v) is 11.8. The Labute approximate surface area is 159 Å². The van der Waals surface area contributed by atoms with E-state index in [1.165, 1.54) is 6.26 Å². The third-order valence-corrected chi connectivity index (χ3v) is 7.21. The minimum absolute atomic E-state index is 0.0177.